The van der Waals surface area contributed by atoms with Crippen molar-refractivity contribution in [2.45, 2.75) is 89.5 Å². The van der Waals surface area contributed by atoms with E-state index < -0.39 is 37.3 Å². The zero-order chi connectivity index (χ0) is 24.7. The van der Waals surface area contributed by atoms with E-state index in [9.17, 15) is 25.2 Å². The molecule has 3 fully saturated rings. The van der Waals surface area contributed by atoms with Gasteiger partial charge in [0.05, 0.1) is 13.2 Å². The van der Waals surface area contributed by atoms with Crippen LogP contribution in [0.4, 0.5) is 0 Å². The minimum atomic E-state index is -1.45. The lowest BCUT2D eigenvalue weighted by Crippen LogP contribution is -2.60. The Hall–Kier alpha value is -1.29. The third-order valence-corrected chi connectivity index (χ3v) is 9.08. The van der Waals surface area contributed by atoms with Crippen LogP contribution in [-0.4, -0.2) is 76.9 Å². The Balaban J connectivity index is 1.46. The Labute approximate surface area is 201 Å². The van der Waals surface area contributed by atoms with Crippen LogP contribution in [0.25, 0.3) is 0 Å². The molecule has 4 N–H and O–H groups in total. The molecule has 2 saturated carbocycles. The van der Waals surface area contributed by atoms with Crippen molar-refractivity contribution in [1.82, 2.24) is 0 Å². The number of hydrogen-bond donors (Lipinski definition) is 4. The van der Waals surface area contributed by atoms with Crippen molar-refractivity contribution in [3.05, 3.63) is 23.8 Å². The molecule has 192 valence electrons. The van der Waals surface area contributed by atoms with Crippen LogP contribution in [-0.2, 0) is 19.0 Å². The molecular formula is C26H40O8. The minimum absolute atomic E-state index is 0.0180. The van der Waals surface area contributed by atoms with Crippen LogP contribution in [0.5, 0.6) is 0 Å². The molecule has 0 aromatic carbocycles. The van der Waals surface area contributed by atoms with Crippen LogP contribution < -0.4 is 0 Å². The topological polar surface area (TPSA) is 126 Å². The van der Waals surface area contributed by atoms with E-state index in [1.165, 1.54) is 5.57 Å². The zero-order valence-electron chi connectivity index (χ0n) is 20.3. The normalized spacial score (nSPS) is 45.0. The van der Waals surface area contributed by atoms with Gasteiger partial charge in [-0.3, -0.25) is 0 Å². The molecule has 2 heterocycles. The monoisotopic (exact) mass is 480 g/mol. The summed E-state index contributed by atoms with van der Waals surface area (Å²) < 4.78 is 16.7. The molecule has 0 bridgehead atoms. The molecule has 2 aliphatic carbocycles. The highest BCUT2D eigenvalue weighted by Crippen LogP contribution is 2.62. The number of carbonyl (C=O) groups is 1. The fraction of sp³-hybridized carbons (Fsp3) is 0.808. The smallest absolute Gasteiger partial charge is 0.334 e. The Morgan fingerprint density at radius 3 is 2.62 bits per heavy atom. The summed E-state index contributed by atoms with van der Waals surface area (Å²) in [5.74, 6) is 0.454. The first kappa shape index (κ1) is 25.8. The van der Waals surface area contributed by atoms with Gasteiger partial charge in [0.1, 0.15) is 31.0 Å². The Kier molecular flexibility index (Phi) is 7.58. The molecule has 0 aromatic heterocycles. The average Bonchev–Trinajstić information content (AvgIpc) is 3.21. The Morgan fingerprint density at radius 2 is 1.94 bits per heavy atom. The van der Waals surface area contributed by atoms with E-state index in [1.807, 2.05) is 6.08 Å². The second-order valence-electron chi connectivity index (χ2n) is 11.2. The lowest BCUT2D eigenvalue weighted by atomic mass is 9.47. The SMILES string of the molecule is C=C1CCC2[C@](C)(CO[C@@H]3O[C@H](CO)[C@@H](O)[C@H](O)[C@H]3O)CCC[C@@]2(C)[C@@H]1CCC1=CCOC1=O. The number of esters is 1. The van der Waals surface area contributed by atoms with Crippen LogP contribution in [0.1, 0.15) is 58.8 Å². The van der Waals surface area contributed by atoms with Crippen LogP contribution in [0.2, 0.25) is 0 Å². The van der Waals surface area contributed by atoms with E-state index in [0.717, 1.165) is 44.1 Å². The average molecular weight is 481 g/mol. The van der Waals surface area contributed by atoms with Crippen molar-refractivity contribution in [3.8, 4) is 0 Å². The predicted octanol–water partition coefficient (Wildman–Crippen LogP) is 1.85. The van der Waals surface area contributed by atoms with Gasteiger partial charge in [0.15, 0.2) is 6.29 Å². The fourth-order valence-electron chi connectivity index (χ4n) is 7.17. The van der Waals surface area contributed by atoms with Gasteiger partial charge in [-0.2, -0.15) is 0 Å². The van der Waals surface area contributed by atoms with Crippen molar-refractivity contribution < 1.29 is 39.4 Å². The number of fused-ring (bicyclic) bond motifs is 1. The molecule has 4 aliphatic rings. The second-order valence-corrected chi connectivity index (χ2v) is 11.2. The van der Waals surface area contributed by atoms with Gasteiger partial charge >= 0.3 is 5.97 Å². The number of carbonyl (C=O) groups excluding carboxylic acids is 1. The van der Waals surface area contributed by atoms with E-state index in [-0.39, 0.29) is 16.8 Å². The van der Waals surface area contributed by atoms with Gasteiger partial charge in [0.2, 0.25) is 0 Å². The van der Waals surface area contributed by atoms with E-state index in [0.29, 0.717) is 31.5 Å². The van der Waals surface area contributed by atoms with Crippen LogP contribution in [0, 0.1) is 22.7 Å². The number of rotatable bonds is 7. The molecule has 1 saturated heterocycles. The predicted molar refractivity (Wildman–Crippen MR) is 123 cm³/mol. The van der Waals surface area contributed by atoms with Crippen LogP contribution in [0.15, 0.2) is 23.8 Å². The molecule has 2 aliphatic heterocycles. The van der Waals surface area contributed by atoms with Crippen molar-refractivity contribution in [1.29, 1.82) is 0 Å². The van der Waals surface area contributed by atoms with E-state index >= 15 is 0 Å². The zero-order valence-corrected chi connectivity index (χ0v) is 20.3. The number of cyclic esters (lactones) is 1. The summed E-state index contributed by atoms with van der Waals surface area (Å²) in [6.07, 6.45) is 2.15. The second kappa shape index (κ2) is 9.99. The number of aliphatic hydroxyl groups excluding tert-OH is 4. The quantitative estimate of drug-likeness (QED) is 0.321. The molecule has 0 radical (unpaired) electrons. The molecule has 34 heavy (non-hydrogen) atoms. The number of aliphatic hydroxyl groups is 4. The minimum Gasteiger partial charge on any atom is -0.458 e. The molecule has 8 heteroatoms. The number of hydrogen-bond acceptors (Lipinski definition) is 8. The molecule has 9 atom stereocenters. The first-order valence-corrected chi connectivity index (χ1v) is 12.6. The lowest BCUT2D eigenvalue weighted by molar-refractivity contribution is -0.309. The van der Waals surface area contributed by atoms with Gasteiger partial charge in [-0.15, -0.1) is 0 Å². The summed E-state index contributed by atoms with van der Waals surface area (Å²) in [5.41, 5.74) is 1.87. The Morgan fingerprint density at radius 1 is 1.18 bits per heavy atom. The van der Waals surface area contributed by atoms with Crippen LogP contribution >= 0.6 is 0 Å². The van der Waals surface area contributed by atoms with Gasteiger partial charge in [-0.25, -0.2) is 4.79 Å². The van der Waals surface area contributed by atoms with Gasteiger partial charge in [-0.1, -0.05) is 32.4 Å². The fourth-order valence-corrected chi connectivity index (χ4v) is 7.17. The van der Waals surface area contributed by atoms with E-state index in [2.05, 4.69) is 20.4 Å². The maximum atomic E-state index is 11.9. The number of ether oxygens (including phenoxy) is 3. The highest BCUT2D eigenvalue weighted by atomic mass is 16.7. The van der Waals surface area contributed by atoms with Crippen molar-refractivity contribution in [2.75, 3.05) is 19.8 Å². The highest BCUT2D eigenvalue weighted by Gasteiger charge is 2.55. The molecule has 4 rings (SSSR count). The first-order chi connectivity index (χ1) is 16.1. The largest absolute Gasteiger partial charge is 0.458 e. The summed E-state index contributed by atoms with van der Waals surface area (Å²) >= 11 is 0. The maximum Gasteiger partial charge on any atom is 0.334 e. The van der Waals surface area contributed by atoms with Gasteiger partial charge in [0.25, 0.3) is 0 Å². The molecule has 1 unspecified atom stereocenters. The van der Waals surface area contributed by atoms with Gasteiger partial charge in [-0.05, 0) is 67.3 Å². The van der Waals surface area contributed by atoms with E-state index in [4.69, 9.17) is 14.2 Å². The summed E-state index contributed by atoms with van der Waals surface area (Å²) in [4.78, 5) is 11.9. The summed E-state index contributed by atoms with van der Waals surface area (Å²) in [7, 11) is 0. The summed E-state index contributed by atoms with van der Waals surface area (Å²) in [6, 6.07) is 0. The van der Waals surface area contributed by atoms with Crippen LogP contribution in [0.3, 0.4) is 0 Å². The summed E-state index contributed by atoms with van der Waals surface area (Å²) in [6.45, 7) is 9.21. The highest BCUT2D eigenvalue weighted by molar-refractivity contribution is 5.90. The molecule has 0 spiro atoms. The summed E-state index contributed by atoms with van der Waals surface area (Å²) in [5, 5.41) is 40.0. The standard InChI is InChI=1S/C26H40O8/c1-15-5-8-19-25(2,14-33-24-22(30)21(29)20(28)18(13-27)34-24)10-4-11-26(19,3)17(15)7-6-16-9-12-32-23(16)31/h9,17-22,24,27-30H,1,4-8,10-14H2,2-3H3/t17-,18-,19?,20-,21+,22-,24-,25+,26+/m1/s1. The first-order valence-electron chi connectivity index (χ1n) is 12.6. The molecule has 8 nitrogen and oxygen atoms in total. The molecule has 0 amide bonds. The van der Waals surface area contributed by atoms with Gasteiger partial charge < -0.3 is 34.6 Å². The third kappa shape index (κ3) is 4.61. The van der Waals surface area contributed by atoms with Crippen molar-refractivity contribution in [3.63, 3.8) is 0 Å². The Bertz CT molecular complexity index is 809. The van der Waals surface area contributed by atoms with Gasteiger partial charge in [0, 0.05) is 5.57 Å². The molecular weight excluding hydrogens is 440 g/mol. The maximum absolute atomic E-state index is 11.9. The third-order valence-electron chi connectivity index (χ3n) is 9.08. The van der Waals surface area contributed by atoms with Crippen molar-refractivity contribution in [2.24, 2.45) is 22.7 Å². The van der Waals surface area contributed by atoms with E-state index in [1.54, 1.807) is 0 Å². The molecule has 0 aromatic rings. The lowest BCUT2D eigenvalue weighted by Gasteiger charge is -2.59. The van der Waals surface area contributed by atoms with Crippen molar-refractivity contribution >= 4 is 5.97 Å². The number of allylic oxidation sites excluding steroid dienone is 1.